The Morgan fingerprint density at radius 3 is 2.60 bits per heavy atom. The molecular weight excluding hydrogens is 384 g/mol. The molecule has 1 aliphatic rings. The van der Waals surface area contributed by atoms with Gasteiger partial charge in [0.1, 0.15) is 5.75 Å². The summed E-state index contributed by atoms with van der Waals surface area (Å²) in [5, 5.41) is 13.8. The van der Waals surface area contributed by atoms with E-state index in [0.717, 1.165) is 53.5 Å². The van der Waals surface area contributed by atoms with Gasteiger partial charge in [-0.1, -0.05) is 22.0 Å². The van der Waals surface area contributed by atoms with Crippen molar-refractivity contribution in [2.24, 2.45) is 0 Å². The second kappa shape index (κ2) is 7.59. The number of benzene rings is 1. The Morgan fingerprint density at radius 1 is 1.30 bits per heavy atom. The van der Waals surface area contributed by atoms with Crippen LogP contribution in [-0.4, -0.2) is 36.2 Å². The predicted molar refractivity (Wildman–Crippen MR) is 90.1 cm³/mol. The van der Waals surface area contributed by atoms with Crippen LogP contribution in [0.5, 0.6) is 5.75 Å². The Labute approximate surface area is 137 Å². The number of rotatable bonds is 5. The van der Waals surface area contributed by atoms with Crippen molar-refractivity contribution in [1.29, 1.82) is 0 Å². The first-order valence-electron chi connectivity index (χ1n) is 6.87. The van der Waals surface area contributed by atoms with Gasteiger partial charge < -0.3 is 10.4 Å². The summed E-state index contributed by atoms with van der Waals surface area (Å²) in [6, 6.07) is 4.06. The van der Waals surface area contributed by atoms with Crippen LogP contribution in [0.2, 0.25) is 0 Å². The van der Waals surface area contributed by atoms with Crippen molar-refractivity contribution >= 4 is 31.9 Å². The monoisotopic (exact) mass is 402 g/mol. The quantitative estimate of drug-likeness (QED) is 0.733. The summed E-state index contributed by atoms with van der Waals surface area (Å²) < 4.78 is 1.71. The van der Waals surface area contributed by atoms with Gasteiger partial charge in [0.2, 0.25) is 0 Å². The van der Waals surface area contributed by atoms with E-state index in [1.54, 1.807) is 0 Å². The Kier molecular flexibility index (Phi) is 6.08. The van der Waals surface area contributed by atoms with E-state index in [9.17, 15) is 5.11 Å². The van der Waals surface area contributed by atoms with Crippen LogP contribution in [-0.2, 0) is 0 Å². The maximum atomic E-state index is 10.4. The van der Waals surface area contributed by atoms with E-state index in [2.05, 4.69) is 48.7 Å². The van der Waals surface area contributed by atoms with E-state index >= 15 is 0 Å². The lowest BCUT2D eigenvalue weighted by Gasteiger charge is -2.36. The van der Waals surface area contributed by atoms with E-state index in [1.165, 1.54) is 0 Å². The van der Waals surface area contributed by atoms with Gasteiger partial charge in [-0.15, -0.1) is 6.58 Å². The van der Waals surface area contributed by atoms with Crippen LogP contribution in [0.1, 0.15) is 24.4 Å². The number of allylic oxidation sites excluding steroid dienone is 1. The zero-order chi connectivity index (χ0) is 14.5. The normalized spacial score (nSPS) is 17.9. The molecule has 0 spiro atoms. The molecular formula is C15H20Br2N2O. The summed E-state index contributed by atoms with van der Waals surface area (Å²) in [6.07, 6.45) is 3.84. The summed E-state index contributed by atoms with van der Waals surface area (Å²) in [6.45, 7) is 7.81. The first-order valence-corrected chi connectivity index (χ1v) is 8.46. The molecule has 1 aromatic rings. The molecule has 1 aromatic carbocycles. The lowest BCUT2D eigenvalue weighted by molar-refractivity contribution is 0.163. The molecule has 0 bridgehead atoms. The fourth-order valence-electron chi connectivity index (χ4n) is 2.65. The molecule has 1 atom stereocenters. The number of phenolic OH excluding ortho intramolecular Hbond substituents is 1. The highest BCUT2D eigenvalue weighted by Crippen LogP contribution is 2.41. The van der Waals surface area contributed by atoms with Gasteiger partial charge in [0.25, 0.3) is 0 Å². The molecule has 5 heteroatoms. The van der Waals surface area contributed by atoms with Crippen molar-refractivity contribution in [3.8, 4) is 5.75 Å². The van der Waals surface area contributed by atoms with Gasteiger partial charge in [0.05, 0.1) is 4.47 Å². The smallest absolute Gasteiger partial charge is 0.135 e. The number of phenols is 1. The van der Waals surface area contributed by atoms with Crippen molar-refractivity contribution in [3.05, 3.63) is 39.3 Å². The third kappa shape index (κ3) is 3.64. The van der Waals surface area contributed by atoms with E-state index in [4.69, 9.17) is 0 Å². The van der Waals surface area contributed by atoms with Gasteiger partial charge >= 0.3 is 0 Å². The van der Waals surface area contributed by atoms with Crippen LogP contribution in [0.4, 0.5) is 0 Å². The second-order valence-electron chi connectivity index (χ2n) is 4.96. The average Bonchev–Trinajstić information content (AvgIpc) is 2.47. The fourth-order valence-corrected chi connectivity index (χ4v) is 3.58. The highest BCUT2D eigenvalue weighted by atomic mass is 79.9. The molecule has 2 N–H and O–H groups in total. The topological polar surface area (TPSA) is 35.5 Å². The largest absolute Gasteiger partial charge is 0.506 e. The molecule has 0 amide bonds. The van der Waals surface area contributed by atoms with Crippen LogP contribution in [0.3, 0.4) is 0 Å². The Balaban J connectivity index is 2.34. The second-order valence-corrected chi connectivity index (χ2v) is 6.67. The summed E-state index contributed by atoms with van der Waals surface area (Å²) >= 11 is 7.01. The van der Waals surface area contributed by atoms with Gasteiger partial charge in [0.15, 0.2) is 0 Å². The molecule has 1 heterocycles. The fraction of sp³-hybridized carbons (Fsp3) is 0.467. The number of nitrogens with one attached hydrogen (secondary N) is 1. The van der Waals surface area contributed by atoms with Gasteiger partial charge in [-0.2, -0.15) is 0 Å². The zero-order valence-electron chi connectivity index (χ0n) is 11.4. The highest BCUT2D eigenvalue weighted by Gasteiger charge is 2.26. The van der Waals surface area contributed by atoms with E-state index in [1.807, 2.05) is 18.2 Å². The van der Waals surface area contributed by atoms with Crippen molar-refractivity contribution in [2.75, 3.05) is 26.2 Å². The van der Waals surface area contributed by atoms with Crippen LogP contribution < -0.4 is 5.32 Å². The van der Waals surface area contributed by atoms with E-state index < -0.39 is 0 Å². The first kappa shape index (κ1) is 16.0. The maximum absolute atomic E-state index is 10.4. The molecule has 0 unspecified atom stereocenters. The number of piperazine rings is 1. The van der Waals surface area contributed by atoms with Crippen molar-refractivity contribution in [2.45, 2.75) is 18.9 Å². The molecule has 0 saturated carbocycles. The number of hydrogen-bond acceptors (Lipinski definition) is 3. The summed E-state index contributed by atoms with van der Waals surface area (Å²) in [5.74, 6) is 0.340. The molecule has 1 aliphatic heterocycles. The van der Waals surface area contributed by atoms with Crippen molar-refractivity contribution < 1.29 is 5.11 Å². The molecule has 3 nitrogen and oxygen atoms in total. The van der Waals surface area contributed by atoms with Gasteiger partial charge in [-0.3, -0.25) is 4.90 Å². The standard InChI is InChI=1S/C15H20Br2N2O/c1-2-3-4-13(19-9-7-18-8-10-19)14-11(16)5-6-12(17)15(14)20/h2,5-6,13,18,20H,1,3-4,7-10H2/t13-/m0/s1. The Bertz CT molecular complexity index is 473. The Hall–Kier alpha value is -0.360. The molecule has 20 heavy (non-hydrogen) atoms. The Morgan fingerprint density at radius 2 is 1.95 bits per heavy atom. The van der Waals surface area contributed by atoms with Crippen LogP contribution >= 0.6 is 31.9 Å². The number of aromatic hydroxyl groups is 1. The minimum atomic E-state index is 0.210. The van der Waals surface area contributed by atoms with E-state index in [0.29, 0.717) is 5.75 Å². The number of hydrogen-bond donors (Lipinski definition) is 2. The van der Waals surface area contributed by atoms with E-state index in [-0.39, 0.29) is 6.04 Å². The lowest BCUT2D eigenvalue weighted by Crippen LogP contribution is -2.45. The highest BCUT2D eigenvalue weighted by molar-refractivity contribution is 9.11. The minimum absolute atomic E-state index is 0.210. The summed E-state index contributed by atoms with van der Waals surface area (Å²) in [7, 11) is 0. The van der Waals surface area contributed by atoms with Crippen molar-refractivity contribution in [1.82, 2.24) is 10.2 Å². The van der Waals surface area contributed by atoms with Gasteiger partial charge in [0, 0.05) is 42.3 Å². The molecule has 110 valence electrons. The predicted octanol–water partition coefficient (Wildman–Crippen LogP) is 3.83. The minimum Gasteiger partial charge on any atom is -0.506 e. The van der Waals surface area contributed by atoms with Gasteiger partial charge in [-0.05, 0) is 40.9 Å². The first-order chi connectivity index (χ1) is 9.65. The third-order valence-electron chi connectivity index (χ3n) is 3.68. The average molecular weight is 404 g/mol. The van der Waals surface area contributed by atoms with Crippen molar-refractivity contribution in [3.63, 3.8) is 0 Å². The maximum Gasteiger partial charge on any atom is 0.135 e. The number of nitrogens with zero attached hydrogens (tertiary/aromatic N) is 1. The zero-order valence-corrected chi connectivity index (χ0v) is 14.6. The summed E-state index contributed by atoms with van der Waals surface area (Å²) in [4.78, 5) is 2.44. The molecule has 0 aromatic heterocycles. The van der Waals surface area contributed by atoms with Crippen LogP contribution in [0.25, 0.3) is 0 Å². The van der Waals surface area contributed by atoms with Crippen LogP contribution in [0.15, 0.2) is 33.7 Å². The molecule has 0 aliphatic carbocycles. The lowest BCUT2D eigenvalue weighted by atomic mass is 9.98. The third-order valence-corrected chi connectivity index (χ3v) is 5.02. The molecule has 1 saturated heterocycles. The van der Waals surface area contributed by atoms with Crippen LogP contribution in [0, 0.1) is 0 Å². The SMILES string of the molecule is C=CCC[C@@H](c1c(Br)ccc(Br)c1O)N1CCNCC1. The molecule has 0 radical (unpaired) electrons. The molecule has 1 fully saturated rings. The summed E-state index contributed by atoms with van der Waals surface area (Å²) in [5.41, 5.74) is 0.975. The van der Waals surface area contributed by atoms with Gasteiger partial charge in [-0.25, -0.2) is 0 Å². The number of halogens is 2. The molecule has 2 rings (SSSR count).